The topological polar surface area (TPSA) is 29.9 Å². The summed E-state index contributed by atoms with van der Waals surface area (Å²) in [6.45, 7) is 1.58. The molecule has 2 heterocycles. The Morgan fingerprint density at radius 2 is 2.25 bits per heavy atom. The summed E-state index contributed by atoms with van der Waals surface area (Å²) >= 11 is 5.95. The van der Waals surface area contributed by atoms with Crippen LogP contribution in [0, 0.1) is 0 Å². The fourth-order valence-electron chi connectivity index (χ4n) is 1.56. The van der Waals surface area contributed by atoms with E-state index in [1.807, 2.05) is 29.9 Å². The fraction of sp³-hybridized carbons (Fsp3) is 0.250. The highest BCUT2D eigenvalue weighted by molar-refractivity contribution is 6.30. The summed E-state index contributed by atoms with van der Waals surface area (Å²) in [5.74, 6) is 0. The van der Waals surface area contributed by atoms with Gasteiger partial charge in [-0.3, -0.25) is 0 Å². The standard InChI is InChI=1S/C12H14ClN3/c1-16-6-4-10(9-16)7-14-8-11-3-2-5-15-12(11)13/h2-6,9,14H,7-8H2,1H3. The minimum Gasteiger partial charge on any atom is -0.357 e. The Hall–Kier alpha value is -1.32. The smallest absolute Gasteiger partial charge is 0.133 e. The molecule has 1 N–H and O–H groups in total. The van der Waals surface area contributed by atoms with Crippen LogP contribution in [0.15, 0.2) is 36.8 Å². The zero-order chi connectivity index (χ0) is 11.4. The van der Waals surface area contributed by atoms with Crippen LogP contribution in [-0.4, -0.2) is 9.55 Å². The van der Waals surface area contributed by atoms with Crippen molar-refractivity contribution in [1.82, 2.24) is 14.9 Å². The van der Waals surface area contributed by atoms with Crippen molar-refractivity contribution in [3.05, 3.63) is 53.1 Å². The van der Waals surface area contributed by atoms with Crippen molar-refractivity contribution >= 4 is 11.6 Å². The quantitative estimate of drug-likeness (QED) is 0.825. The maximum Gasteiger partial charge on any atom is 0.133 e. The summed E-state index contributed by atoms with van der Waals surface area (Å²) in [4.78, 5) is 4.03. The van der Waals surface area contributed by atoms with Gasteiger partial charge >= 0.3 is 0 Å². The van der Waals surface area contributed by atoms with Gasteiger partial charge in [-0.05, 0) is 17.7 Å². The van der Waals surface area contributed by atoms with Crippen LogP contribution in [0.4, 0.5) is 0 Å². The first-order chi connectivity index (χ1) is 7.75. The molecule has 3 nitrogen and oxygen atoms in total. The summed E-state index contributed by atoms with van der Waals surface area (Å²) in [6, 6.07) is 5.97. The van der Waals surface area contributed by atoms with Crippen molar-refractivity contribution in [2.45, 2.75) is 13.1 Å². The van der Waals surface area contributed by atoms with Crippen LogP contribution in [0.1, 0.15) is 11.1 Å². The van der Waals surface area contributed by atoms with Gasteiger partial charge in [0.05, 0.1) is 0 Å². The predicted molar refractivity (Wildman–Crippen MR) is 65.2 cm³/mol. The number of rotatable bonds is 4. The number of aromatic nitrogens is 2. The Kier molecular flexibility index (Phi) is 3.59. The Morgan fingerprint density at radius 1 is 1.38 bits per heavy atom. The molecule has 0 saturated heterocycles. The van der Waals surface area contributed by atoms with Crippen molar-refractivity contribution in [2.75, 3.05) is 0 Å². The van der Waals surface area contributed by atoms with Crippen molar-refractivity contribution < 1.29 is 0 Å². The molecule has 0 spiro atoms. The SMILES string of the molecule is Cn1ccc(CNCc2cccnc2Cl)c1. The average Bonchev–Trinajstić information content (AvgIpc) is 2.67. The molecule has 0 aromatic carbocycles. The molecule has 0 aliphatic carbocycles. The lowest BCUT2D eigenvalue weighted by atomic mass is 10.2. The van der Waals surface area contributed by atoms with Crippen molar-refractivity contribution in [3.63, 3.8) is 0 Å². The van der Waals surface area contributed by atoms with E-state index in [0.29, 0.717) is 5.15 Å². The molecule has 2 aromatic heterocycles. The number of halogens is 1. The molecule has 0 fully saturated rings. The second-order valence-electron chi connectivity index (χ2n) is 3.74. The number of nitrogens with zero attached hydrogens (tertiary/aromatic N) is 2. The molecule has 4 heteroatoms. The molecule has 0 aliphatic heterocycles. The fourth-order valence-corrected chi connectivity index (χ4v) is 1.74. The van der Waals surface area contributed by atoms with Crippen LogP contribution in [-0.2, 0) is 20.1 Å². The van der Waals surface area contributed by atoms with E-state index in [9.17, 15) is 0 Å². The Bertz CT molecular complexity index is 465. The van der Waals surface area contributed by atoms with Gasteiger partial charge in [0.1, 0.15) is 5.15 Å². The molecule has 16 heavy (non-hydrogen) atoms. The summed E-state index contributed by atoms with van der Waals surface area (Å²) in [5.41, 5.74) is 2.29. The van der Waals surface area contributed by atoms with Crippen molar-refractivity contribution in [2.24, 2.45) is 7.05 Å². The van der Waals surface area contributed by atoms with E-state index >= 15 is 0 Å². The monoisotopic (exact) mass is 235 g/mol. The highest BCUT2D eigenvalue weighted by Gasteiger charge is 2.00. The molecular weight excluding hydrogens is 222 g/mol. The lowest BCUT2D eigenvalue weighted by molar-refractivity contribution is 0.690. The summed E-state index contributed by atoms with van der Waals surface area (Å²) in [5, 5.41) is 3.91. The molecule has 0 bridgehead atoms. The second kappa shape index (κ2) is 5.14. The molecule has 0 radical (unpaired) electrons. The van der Waals surface area contributed by atoms with Crippen molar-refractivity contribution in [3.8, 4) is 0 Å². The predicted octanol–water partition coefficient (Wildman–Crippen LogP) is 2.36. The summed E-state index contributed by atoms with van der Waals surface area (Å²) in [6.07, 6.45) is 5.83. The minimum atomic E-state index is 0.572. The Morgan fingerprint density at radius 3 is 2.94 bits per heavy atom. The molecule has 84 valence electrons. The first kappa shape index (κ1) is 11.2. The Labute approximate surface area is 100 Å². The van der Waals surface area contributed by atoms with Crippen LogP contribution >= 0.6 is 11.6 Å². The third kappa shape index (κ3) is 2.84. The normalized spacial score (nSPS) is 10.6. The van der Waals surface area contributed by atoms with Gasteiger partial charge in [0.25, 0.3) is 0 Å². The van der Waals surface area contributed by atoms with Gasteiger partial charge in [0.15, 0.2) is 0 Å². The average molecular weight is 236 g/mol. The maximum absolute atomic E-state index is 5.95. The van der Waals surface area contributed by atoms with Gasteiger partial charge in [0, 0.05) is 44.3 Å². The highest BCUT2D eigenvalue weighted by atomic mass is 35.5. The van der Waals surface area contributed by atoms with Crippen LogP contribution < -0.4 is 5.32 Å². The first-order valence-corrected chi connectivity index (χ1v) is 5.54. The highest BCUT2D eigenvalue weighted by Crippen LogP contribution is 2.11. The lowest BCUT2D eigenvalue weighted by Gasteiger charge is -2.04. The number of aryl methyl sites for hydroxylation is 1. The lowest BCUT2D eigenvalue weighted by Crippen LogP contribution is -2.12. The first-order valence-electron chi connectivity index (χ1n) is 5.16. The van der Waals surface area contributed by atoms with E-state index in [1.54, 1.807) is 6.20 Å². The van der Waals surface area contributed by atoms with Gasteiger partial charge in [-0.15, -0.1) is 0 Å². The molecule has 2 rings (SSSR count). The van der Waals surface area contributed by atoms with E-state index < -0.39 is 0 Å². The van der Waals surface area contributed by atoms with Crippen LogP contribution in [0.25, 0.3) is 0 Å². The second-order valence-corrected chi connectivity index (χ2v) is 4.10. The van der Waals surface area contributed by atoms with Gasteiger partial charge < -0.3 is 9.88 Å². The zero-order valence-electron chi connectivity index (χ0n) is 9.15. The largest absolute Gasteiger partial charge is 0.357 e. The van der Waals surface area contributed by atoms with Crippen molar-refractivity contribution in [1.29, 1.82) is 0 Å². The Balaban J connectivity index is 1.87. The van der Waals surface area contributed by atoms with Crippen LogP contribution in [0.3, 0.4) is 0 Å². The van der Waals surface area contributed by atoms with Crippen LogP contribution in [0.5, 0.6) is 0 Å². The zero-order valence-corrected chi connectivity index (χ0v) is 9.91. The number of hydrogen-bond acceptors (Lipinski definition) is 2. The molecular formula is C12H14ClN3. The van der Waals surface area contributed by atoms with Gasteiger partial charge in [-0.25, -0.2) is 4.98 Å². The third-order valence-corrected chi connectivity index (χ3v) is 2.71. The molecule has 0 unspecified atom stereocenters. The third-order valence-electron chi connectivity index (χ3n) is 2.37. The van der Waals surface area contributed by atoms with E-state index in [1.165, 1.54) is 5.56 Å². The van der Waals surface area contributed by atoms with Gasteiger partial charge in [0.2, 0.25) is 0 Å². The number of pyridine rings is 1. The number of nitrogens with one attached hydrogen (secondary N) is 1. The van der Waals surface area contributed by atoms with E-state index in [2.05, 4.69) is 22.6 Å². The maximum atomic E-state index is 5.95. The van der Waals surface area contributed by atoms with Gasteiger partial charge in [-0.2, -0.15) is 0 Å². The summed E-state index contributed by atoms with van der Waals surface area (Å²) in [7, 11) is 2.02. The van der Waals surface area contributed by atoms with E-state index in [-0.39, 0.29) is 0 Å². The molecule has 0 aliphatic rings. The molecule has 2 aromatic rings. The van der Waals surface area contributed by atoms with E-state index in [0.717, 1.165) is 18.7 Å². The molecule has 0 saturated carbocycles. The molecule has 0 amide bonds. The van der Waals surface area contributed by atoms with E-state index in [4.69, 9.17) is 11.6 Å². The minimum absolute atomic E-state index is 0.572. The number of hydrogen-bond donors (Lipinski definition) is 1. The summed E-state index contributed by atoms with van der Waals surface area (Å²) < 4.78 is 2.04. The van der Waals surface area contributed by atoms with Gasteiger partial charge in [-0.1, -0.05) is 17.7 Å². The molecule has 0 atom stereocenters. The van der Waals surface area contributed by atoms with Crippen LogP contribution in [0.2, 0.25) is 5.15 Å².